The molecule has 10 heteroatoms. The van der Waals surface area contributed by atoms with E-state index in [2.05, 4.69) is 15.3 Å². The summed E-state index contributed by atoms with van der Waals surface area (Å²) in [4.78, 5) is 8.47. The maximum absolute atomic E-state index is 6.15. The fourth-order valence-electron chi connectivity index (χ4n) is 1.91. The highest BCUT2D eigenvalue weighted by atomic mass is 35.6. The monoisotopic (exact) mass is 421 g/mol. The number of rotatable bonds is 2. The van der Waals surface area contributed by atoms with Gasteiger partial charge < -0.3 is 10.1 Å². The topological polar surface area (TPSA) is 46.0 Å². The van der Waals surface area contributed by atoms with Crippen molar-refractivity contribution in [3.05, 3.63) is 29.8 Å². The minimum Gasteiger partial charge on any atom is -0.496 e. The van der Waals surface area contributed by atoms with Crippen LogP contribution in [0.4, 0.5) is 0 Å². The van der Waals surface area contributed by atoms with Gasteiger partial charge in [-0.15, -0.1) is 0 Å². The summed E-state index contributed by atoms with van der Waals surface area (Å²) in [7, 11) is 1.48. The van der Waals surface area contributed by atoms with Crippen molar-refractivity contribution in [2.45, 2.75) is 13.2 Å². The highest BCUT2D eigenvalue weighted by Crippen LogP contribution is 2.52. The Kier molecular flexibility index (Phi) is 5.32. The van der Waals surface area contributed by atoms with Gasteiger partial charge in [-0.05, 0) is 6.07 Å². The zero-order valence-electron chi connectivity index (χ0n) is 11.0. The van der Waals surface area contributed by atoms with Crippen LogP contribution in [-0.4, -0.2) is 26.9 Å². The summed E-state index contributed by atoms with van der Waals surface area (Å²) >= 11 is 36.0. The molecule has 1 N–H and O–H groups in total. The second-order valence-corrected chi connectivity index (χ2v) is 8.79. The van der Waals surface area contributed by atoms with Crippen LogP contribution in [0.1, 0.15) is 5.56 Å². The number of benzene rings is 1. The third-order valence-corrected chi connectivity index (χ3v) is 4.20. The summed E-state index contributed by atoms with van der Waals surface area (Å²) < 4.78 is 1.51. The van der Waals surface area contributed by atoms with Crippen molar-refractivity contribution in [3.63, 3.8) is 0 Å². The van der Waals surface area contributed by atoms with Crippen molar-refractivity contribution in [1.82, 2.24) is 5.32 Å². The molecule has 0 aromatic heterocycles. The van der Waals surface area contributed by atoms with Gasteiger partial charge in [0.25, 0.3) is 0 Å². The van der Waals surface area contributed by atoms with E-state index in [1.54, 1.807) is 24.3 Å². The number of halogens is 6. The van der Waals surface area contributed by atoms with Gasteiger partial charge in [0.05, 0.1) is 13.4 Å². The number of ether oxygens (including phenoxy) is 1. The molecule has 1 aromatic rings. The van der Waals surface area contributed by atoms with Crippen LogP contribution in [0.25, 0.3) is 0 Å². The van der Waals surface area contributed by atoms with E-state index in [0.29, 0.717) is 11.3 Å². The first-order chi connectivity index (χ1) is 10.1. The molecule has 1 atom stereocenters. The minimum absolute atomic E-state index is 0.0234. The van der Waals surface area contributed by atoms with Gasteiger partial charge in [0.15, 0.2) is 5.84 Å². The maximum Gasteiger partial charge on any atom is 0.247 e. The molecule has 1 aromatic carbocycles. The Hall–Kier alpha value is -0.100. The lowest BCUT2D eigenvalue weighted by molar-refractivity contribution is 0.383. The lowest BCUT2D eigenvalue weighted by Crippen LogP contribution is -2.47. The van der Waals surface area contributed by atoms with Crippen molar-refractivity contribution in [3.8, 4) is 5.75 Å². The second-order valence-electron chi connectivity index (χ2n) is 4.23. The van der Waals surface area contributed by atoms with Crippen LogP contribution in [0.5, 0.6) is 5.75 Å². The number of nitrogens with one attached hydrogen (secondary N) is 1. The summed E-state index contributed by atoms with van der Waals surface area (Å²) in [5.41, 5.74) is -1.24. The molecular formula is C12H9Cl6N3O. The predicted octanol–water partition coefficient (Wildman–Crippen LogP) is 4.62. The van der Waals surface area contributed by atoms with Crippen LogP contribution in [0.2, 0.25) is 0 Å². The molecule has 0 amide bonds. The number of aliphatic imine (C=N–C) groups is 2. The summed E-state index contributed by atoms with van der Waals surface area (Å²) in [6.45, 7) is 0. The molecule has 0 saturated carbocycles. The molecule has 0 aliphatic carbocycles. The van der Waals surface area contributed by atoms with Gasteiger partial charge in [0.1, 0.15) is 5.75 Å². The van der Waals surface area contributed by atoms with Crippen molar-refractivity contribution in [2.75, 3.05) is 7.11 Å². The number of hydrogen-bond donors (Lipinski definition) is 1. The van der Waals surface area contributed by atoms with Crippen molar-refractivity contribution >= 4 is 81.8 Å². The smallest absolute Gasteiger partial charge is 0.247 e. The van der Waals surface area contributed by atoms with E-state index in [-0.39, 0.29) is 5.84 Å². The molecule has 0 radical (unpaired) electrons. The fraction of sp³-hybridized carbons (Fsp3) is 0.333. The van der Waals surface area contributed by atoms with Crippen LogP contribution in [0.3, 0.4) is 0 Å². The number of alkyl halides is 6. The van der Waals surface area contributed by atoms with Crippen molar-refractivity contribution < 1.29 is 4.74 Å². The van der Waals surface area contributed by atoms with E-state index in [0.717, 1.165) is 0 Å². The third kappa shape index (κ3) is 3.37. The molecule has 0 saturated heterocycles. The minimum atomic E-state index is -1.96. The molecule has 0 fully saturated rings. The summed E-state index contributed by atoms with van der Waals surface area (Å²) in [6.07, 6.45) is 1.26. The molecule has 1 unspecified atom stereocenters. The van der Waals surface area contributed by atoms with Gasteiger partial charge in [-0.1, -0.05) is 87.8 Å². The van der Waals surface area contributed by atoms with Crippen LogP contribution >= 0.6 is 69.6 Å². The van der Waals surface area contributed by atoms with Crippen LogP contribution in [-0.2, 0) is 5.66 Å². The average molecular weight is 424 g/mol. The Bertz CT molecular complexity index is 622. The number of nitrogens with zero attached hydrogens (tertiary/aromatic N) is 2. The van der Waals surface area contributed by atoms with Gasteiger partial charge >= 0.3 is 0 Å². The molecule has 1 heterocycles. The average Bonchev–Trinajstić information content (AvgIpc) is 2.45. The van der Waals surface area contributed by atoms with E-state index in [4.69, 9.17) is 74.3 Å². The number of para-hydroxylation sites is 1. The molecule has 1 aliphatic heterocycles. The first-order valence-corrected chi connectivity index (χ1v) is 8.06. The highest BCUT2D eigenvalue weighted by Gasteiger charge is 2.54. The Morgan fingerprint density at radius 1 is 1.09 bits per heavy atom. The molecule has 0 spiro atoms. The first-order valence-electron chi connectivity index (χ1n) is 5.79. The van der Waals surface area contributed by atoms with Gasteiger partial charge in [-0.25, -0.2) is 9.98 Å². The summed E-state index contributed by atoms with van der Waals surface area (Å²) in [5.74, 6) is 0.407. The van der Waals surface area contributed by atoms with Crippen molar-refractivity contribution in [1.29, 1.82) is 0 Å². The second kappa shape index (κ2) is 6.42. The first kappa shape index (κ1) is 18.2. The zero-order chi connectivity index (χ0) is 16.6. The lowest BCUT2D eigenvalue weighted by atomic mass is 10.00. The Morgan fingerprint density at radius 3 is 2.27 bits per heavy atom. The van der Waals surface area contributed by atoms with E-state index >= 15 is 0 Å². The molecule has 4 nitrogen and oxygen atoms in total. The van der Waals surface area contributed by atoms with Crippen LogP contribution < -0.4 is 10.1 Å². The summed E-state index contributed by atoms with van der Waals surface area (Å²) in [5, 5.41) is 2.64. The lowest BCUT2D eigenvalue weighted by Gasteiger charge is -2.37. The summed E-state index contributed by atoms with van der Waals surface area (Å²) in [6, 6.07) is 6.86. The molecular weight excluding hydrogens is 415 g/mol. The SMILES string of the molecule is COc1ccccc1C1(C(Cl)(Cl)Cl)N=CNC(C(Cl)(Cl)Cl)=N1. The van der Waals surface area contributed by atoms with E-state index in [1.165, 1.54) is 13.4 Å². The third-order valence-electron chi connectivity index (χ3n) is 2.87. The molecule has 120 valence electrons. The Morgan fingerprint density at radius 2 is 1.73 bits per heavy atom. The predicted molar refractivity (Wildman–Crippen MR) is 94.3 cm³/mol. The molecule has 1 aliphatic rings. The molecule has 2 rings (SSSR count). The van der Waals surface area contributed by atoms with Crippen molar-refractivity contribution in [2.24, 2.45) is 9.98 Å². The zero-order valence-corrected chi connectivity index (χ0v) is 15.5. The number of methoxy groups -OCH3 is 1. The quantitative estimate of drug-likeness (QED) is 0.705. The molecule has 0 bridgehead atoms. The fourth-order valence-corrected chi connectivity index (χ4v) is 2.78. The van der Waals surface area contributed by atoms with Gasteiger partial charge in [-0.2, -0.15) is 0 Å². The van der Waals surface area contributed by atoms with Crippen LogP contribution in [0.15, 0.2) is 34.3 Å². The normalized spacial score (nSPS) is 22.0. The van der Waals surface area contributed by atoms with E-state index in [1.807, 2.05) is 0 Å². The van der Waals surface area contributed by atoms with E-state index < -0.39 is 13.2 Å². The standard InChI is InChI=1S/C12H9Cl6N3O/c1-22-8-5-3-2-4-7(8)10(12(16,17)18)20-6-19-9(21-10)11(13,14)15/h2-6H,1H3,(H,19,20,21). The maximum atomic E-state index is 6.15. The largest absolute Gasteiger partial charge is 0.496 e. The highest BCUT2D eigenvalue weighted by molar-refractivity contribution is 6.77. The van der Waals surface area contributed by atoms with E-state index in [9.17, 15) is 0 Å². The van der Waals surface area contributed by atoms with Crippen LogP contribution in [0, 0.1) is 0 Å². The van der Waals surface area contributed by atoms with Gasteiger partial charge in [0, 0.05) is 5.56 Å². The Labute approximate surface area is 157 Å². The van der Waals surface area contributed by atoms with Gasteiger partial charge in [0.2, 0.25) is 13.2 Å². The molecule has 22 heavy (non-hydrogen) atoms. The Balaban J connectivity index is 2.73. The number of hydrogen-bond acceptors (Lipinski definition) is 4. The van der Waals surface area contributed by atoms with Gasteiger partial charge in [-0.3, -0.25) is 0 Å². The number of amidine groups is 1.